The second-order valence-electron chi connectivity index (χ2n) is 8.91. The van der Waals surface area contributed by atoms with E-state index in [0.29, 0.717) is 19.0 Å². The van der Waals surface area contributed by atoms with E-state index in [1.54, 1.807) is 31.0 Å². The van der Waals surface area contributed by atoms with Crippen LogP contribution in [0.4, 0.5) is 0 Å². The van der Waals surface area contributed by atoms with Crippen LogP contribution in [-0.2, 0) is 26.2 Å². The van der Waals surface area contributed by atoms with Crippen LogP contribution in [0.15, 0.2) is 39.6 Å². The third-order valence-electron chi connectivity index (χ3n) is 5.84. The van der Waals surface area contributed by atoms with Crippen molar-refractivity contribution in [3.8, 4) is 5.75 Å². The lowest BCUT2D eigenvalue weighted by Gasteiger charge is -2.17. The zero-order valence-corrected chi connectivity index (χ0v) is 21.4. The first-order valence-corrected chi connectivity index (χ1v) is 11.9. The third kappa shape index (κ3) is 5.43. The number of hydrogen-bond donors (Lipinski definition) is 0. The van der Waals surface area contributed by atoms with Gasteiger partial charge in [-0.1, -0.05) is 18.2 Å². The first-order chi connectivity index (χ1) is 16.2. The van der Waals surface area contributed by atoms with Crippen LogP contribution < -0.4 is 4.74 Å². The summed E-state index contributed by atoms with van der Waals surface area (Å²) in [5, 5.41) is 8.09. The molecule has 0 saturated carbocycles. The van der Waals surface area contributed by atoms with Gasteiger partial charge in [-0.25, -0.2) is 4.31 Å². The average molecular weight is 482 g/mol. The Bertz CT molecular complexity index is 1170. The van der Waals surface area contributed by atoms with E-state index < -0.39 is 0 Å². The van der Waals surface area contributed by atoms with E-state index in [4.69, 9.17) is 9.15 Å². The molecule has 0 spiro atoms. The van der Waals surface area contributed by atoms with E-state index in [9.17, 15) is 4.79 Å². The number of methoxy groups -OCH3 is 1. The maximum atomic E-state index is 12.9. The molecule has 1 aromatic heterocycles. The van der Waals surface area contributed by atoms with Gasteiger partial charge in [0, 0.05) is 31.6 Å². The molecule has 8 nitrogen and oxygen atoms in total. The predicted molar refractivity (Wildman–Crippen MR) is 132 cm³/mol. The number of carbonyl (C=O) groups is 1. The average Bonchev–Trinajstić information content (AvgIpc) is 3.40. The van der Waals surface area contributed by atoms with Gasteiger partial charge in [0.2, 0.25) is 5.89 Å². The lowest BCUT2D eigenvalue weighted by atomic mass is 10.1. The van der Waals surface area contributed by atoms with Crippen LogP contribution in [0.5, 0.6) is 5.75 Å². The zero-order chi connectivity index (χ0) is 24.4. The van der Waals surface area contributed by atoms with Crippen LogP contribution in [0, 0.1) is 13.8 Å². The molecule has 34 heavy (non-hydrogen) atoms. The van der Waals surface area contributed by atoms with Gasteiger partial charge in [0.1, 0.15) is 5.75 Å². The predicted octanol–water partition coefficient (Wildman–Crippen LogP) is 4.05. The van der Waals surface area contributed by atoms with Gasteiger partial charge < -0.3 is 14.1 Å². The fourth-order valence-corrected chi connectivity index (χ4v) is 5.07. The smallest absolute Gasteiger partial charge is 0.311 e. The highest BCUT2D eigenvalue weighted by Gasteiger charge is 2.22. The third-order valence-corrected chi connectivity index (χ3v) is 7.11. The van der Waals surface area contributed by atoms with E-state index in [0.717, 1.165) is 40.4 Å². The number of fused-ring (bicyclic) bond motifs is 1. The Hall–Kier alpha value is -2.88. The summed E-state index contributed by atoms with van der Waals surface area (Å²) < 4.78 is 13.1. The Morgan fingerprint density at radius 1 is 1.09 bits per heavy atom. The number of aryl methyl sites for hydroxylation is 2. The van der Waals surface area contributed by atoms with Gasteiger partial charge in [0.15, 0.2) is 0 Å². The van der Waals surface area contributed by atoms with Gasteiger partial charge in [0.05, 0.1) is 13.7 Å². The minimum atomic E-state index is -0.284. The summed E-state index contributed by atoms with van der Waals surface area (Å²) in [6, 6.07) is 10.4. The number of amides is 1. The first kappa shape index (κ1) is 24.3. The highest BCUT2D eigenvalue weighted by Crippen LogP contribution is 2.32. The summed E-state index contributed by atoms with van der Waals surface area (Å²) in [4.78, 5) is 17.9. The second-order valence-corrected chi connectivity index (χ2v) is 10.1. The van der Waals surface area contributed by atoms with Crippen molar-refractivity contribution in [2.45, 2.75) is 44.9 Å². The molecule has 3 aromatic rings. The lowest BCUT2D eigenvalue weighted by molar-refractivity contribution is 0.0742. The molecule has 0 N–H and O–H groups in total. The van der Waals surface area contributed by atoms with Gasteiger partial charge >= 0.3 is 11.8 Å². The monoisotopic (exact) mass is 481 g/mol. The number of carbonyl (C=O) groups excluding carboxylic acids is 1. The molecule has 9 heteroatoms. The standard InChI is InChI=1S/C25H31N5O3S/c1-16-9-21(32-6)10-17(2)23(16)34-30(5)15-22-26-27-24(33-22)25(31)29(4)12-18-7-8-19-13-28(3)14-20(19)11-18/h7-11H,12-15H2,1-6H3. The number of ether oxygens (including phenoxy) is 1. The number of rotatable bonds is 8. The minimum absolute atomic E-state index is 0.00796. The fraction of sp³-hybridized carbons (Fsp3) is 0.400. The molecule has 2 heterocycles. The largest absolute Gasteiger partial charge is 0.497 e. The fourth-order valence-electron chi connectivity index (χ4n) is 4.18. The molecule has 0 aliphatic carbocycles. The highest BCUT2D eigenvalue weighted by molar-refractivity contribution is 7.97. The zero-order valence-electron chi connectivity index (χ0n) is 20.6. The topological polar surface area (TPSA) is 74.9 Å². The molecule has 0 bridgehead atoms. The van der Waals surface area contributed by atoms with Crippen molar-refractivity contribution in [2.24, 2.45) is 0 Å². The molecule has 0 unspecified atom stereocenters. The molecule has 0 saturated heterocycles. The number of hydrogen-bond acceptors (Lipinski definition) is 8. The Morgan fingerprint density at radius 3 is 2.50 bits per heavy atom. The van der Waals surface area contributed by atoms with E-state index in [1.807, 2.05) is 23.5 Å². The Kier molecular flexibility index (Phi) is 7.25. The van der Waals surface area contributed by atoms with Crippen molar-refractivity contribution >= 4 is 17.9 Å². The van der Waals surface area contributed by atoms with Crippen molar-refractivity contribution in [3.05, 3.63) is 69.9 Å². The summed E-state index contributed by atoms with van der Waals surface area (Å²) in [7, 11) is 7.49. The summed E-state index contributed by atoms with van der Waals surface area (Å²) in [5.41, 5.74) is 6.03. The minimum Gasteiger partial charge on any atom is -0.497 e. The Morgan fingerprint density at radius 2 is 1.79 bits per heavy atom. The van der Waals surface area contributed by atoms with Gasteiger partial charge in [-0.15, -0.1) is 10.2 Å². The molecule has 180 valence electrons. The molecule has 1 aliphatic rings. The van der Waals surface area contributed by atoms with Crippen molar-refractivity contribution in [1.82, 2.24) is 24.3 Å². The van der Waals surface area contributed by atoms with Crippen LogP contribution in [0.3, 0.4) is 0 Å². The molecule has 4 rings (SSSR count). The van der Waals surface area contributed by atoms with Crippen molar-refractivity contribution in [1.29, 1.82) is 0 Å². The Balaban J connectivity index is 1.36. The van der Waals surface area contributed by atoms with E-state index >= 15 is 0 Å². The summed E-state index contributed by atoms with van der Waals surface area (Å²) in [6.45, 7) is 6.93. The van der Waals surface area contributed by atoms with Crippen molar-refractivity contribution in [2.75, 3.05) is 28.3 Å². The van der Waals surface area contributed by atoms with Crippen LogP contribution in [0.25, 0.3) is 0 Å². The van der Waals surface area contributed by atoms with Crippen molar-refractivity contribution in [3.63, 3.8) is 0 Å². The van der Waals surface area contributed by atoms with Crippen LogP contribution in [0.2, 0.25) is 0 Å². The molecular formula is C25H31N5O3S. The molecule has 0 atom stereocenters. The SMILES string of the molecule is COc1cc(C)c(SN(C)Cc2nnc(C(=O)N(C)Cc3ccc4c(c3)CN(C)C4)o2)c(C)c1. The van der Waals surface area contributed by atoms with E-state index in [1.165, 1.54) is 11.1 Å². The molecule has 1 aliphatic heterocycles. The van der Waals surface area contributed by atoms with Crippen LogP contribution >= 0.6 is 11.9 Å². The number of benzene rings is 2. The number of aromatic nitrogens is 2. The van der Waals surface area contributed by atoms with Crippen LogP contribution in [-0.4, -0.2) is 58.5 Å². The second kappa shape index (κ2) is 10.2. The van der Waals surface area contributed by atoms with E-state index in [-0.39, 0.29) is 11.8 Å². The lowest BCUT2D eigenvalue weighted by Crippen LogP contribution is -2.26. The summed E-state index contributed by atoms with van der Waals surface area (Å²) in [5.74, 6) is 0.969. The van der Waals surface area contributed by atoms with Gasteiger partial charge in [0.25, 0.3) is 0 Å². The quantitative estimate of drug-likeness (QED) is 0.446. The number of nitrogens with zero attached hydrogens (tertiary/aromatic N) is 5. The van der Waals surface area contributed by atoms with Gasteiger partial charge in [-0.05, 0) is 79.8 Å². The molecule has 0 radical (unpaired) electrons. The van der Waals surface area contributed by atoms with Gasteiger partial charge in [-0.2, -0.15) is 0 Å². The maximum Gasteiger partial charge on any atom is 0.311 e. The first-order valence-electron chi connectivity index (χ1n) is 11.1. The van der Waals surface area contributed by atoms with E-state index in [2.05, 4.69) is 54.2 Å². The maximum absolute atomic E-state index is 12.9. The molecule has 0 fully saturated rings. The molecule has 2 aromatic carbocycles. The Labute approximate surface area is 205 Å². The van der Waals surface area contributed by atoms with Crippen molar-refractivity contribution < 1.29 is 13.9 Å². The highest BCUT2D eigenvalue weighted by atomic mass is 32.2. The van der Waals surface area contributed by atoms with Crippen LogP contribution in [0.1, 0.15) is 44.4 Å². The molecular weight excluding hydrogens is 450 g/mol. The summed E-state index contributed by atoms with van der Waals surface area (Å²) >= 11 is 1.60. The molecule has 1 amide bonds. The summed E-state index contributed by atoms with van der Waals surface area (Å²) in [6.07, 6.45) is 0. The van der Waals surface area contributed by atoms with Gasteiger partial charge in [-0.3, -0.25) is 9.69 Å². The normalized spacial score (nSPS) is 13.4.